The van der Waals surface area contributed by atoms with Crippen molar-refractivity contribution in [2.75, 3.05) is 19.7 Å². The molecule has 0 fully saturated rings. The highest BCUT2D eigenvalue weighted by Crippen LogP contribution is 2.30. The molecule has 0 saturated heterocycles. The minimum absolute atomic E-state index is 0.108. The smallest absolute Gasteiger partial charge is 0.325 e. The number of carboxylic acids is 1. The fraction of sp³-hybridized carbons (Fsp3) is 0.417. The van der Waals surface area contributed by atoms with Gasteiger partial charge < -0.3 is 10.2 Å². The molecule has 0 aliphatic carbocycles. The van der Waals surface area contributed by atoms with Gasteiger partial charge in [0.15, 0.2) is 0 Å². The summed E-state index contributed by atoms with van der Waals surface area (Å²) in [5.41, 5.74) is 0.476. The van der Waals surface area contributed by atoms with Crippen molar-refractivity contribution in [2.45, 2.75) is 13.0 Å². The first-order valence-electron chi connectivity index (χ1n) is 5.54. The molecule has 4 nitrogen and oxygen atoms in total. The maximum absolute atomic E-state index is 11.4. The second kappa shape index (κ2) is 6.95. The standard InChI is InChI=1S/C12H15Cl2NO3/c1-2-15(5-6-16)11(12(17)18)9-4-3-8(13)7-10(9)14/h3-4,7,11,16H,2,5-6H2,1H3,(H,17,18). The van der Waals surface area contributed by atoms with Crippen LogP contribution in [0.15, 0.2) is 18.2 Å². The van der Waals surface area contributed by atoms with Gasteiger partial charge in [0.1, 0.15) is 6.04 Å². The van der Waals surface area contributed by atoms with Gasteiger partial charge in [-0.05, 0) is 24.2 Å². The number of nitrogens with zero attached hydrogens (tertiary/aromatic N) is 1. The molecule has 1 atom stereocenters. The summed E-state index contributed by atoms with van der Waals surface area (Å²) in [7, 11) is 0. The number of carbonyl (C=O) groups is 1. The zero-order valence-corrected chi connectivity index (χ0v) is 11.4. The normalized spacial score (nSPS) is 12.7. The van der Waals surface area contributed by atoms with Crippen molar-refractivity contribution in [3.05, 3.63) is 33.8 Å². The average Bonchev–Trinajstić information content (AvgIpc) is 2.30. The summed E-state index contributed by atoms with van der Waals surface area (Å²) in [6, 6.07) is 3.84. The Balaban J connectivity index is 3.14. The van der Waals surface area contributed by atoms with Crippen LogP contribution in [-0.2, 0) is 4.79 Å². The predicted molar refractivity (Wildman–Crippen MR) is 71.2 cm³/mol. The molecule has 100 valence electrons. The molecule has 1 unspecified atom stereocenters. The van der Waals surface area contributed by atoms with E-state index in [1.54, 1.807) is 17.0 Å². The van der Waals surface area contributed by atoms with Crippen LogP contribution in [0.5, 0.6) is 0 Å². The Bertz CT molecular complexity index is 426. The number of likely N-dealkylation sites (N-methyl/N-ethyl adjacent to an activating group) is 1. The molecule has 2 N–H and O–H groups in total. The highest BCUT2D eigenvalue weighted by molar-refractivity contribution is 6.35. The molecular formula is C12H15Cl2NO3. The Morgan fingerprint density at radius 1 is 1.44 bits per heavy atom. The molecule has 1 aromatic carbocycles. The largest absolute Gasteiger partial charge is 0.480 e. The minimum Gasteiger partial charge on any atom is -0.480 e. The molecule has 1 aromatic rings. The van der Waals surface area contributed by atoms with Crippen molar-refractivity contribution in [2.24, 2.45) is 0 Å². The van der Waals surface area contributed by atoms with Crippen LogP contribution in [0.2, 0.25) is 10.0 Å². The summed E-state index contributed by atoms with van der Waals surface area (Å²) in [4.78, 5) is 13.0. The molecule has 6 heteroatoms. The summed E-state index contributed by atoms with van der Waals surface area (Å²) >= 11 is 11.8. The quantitative estimate of drug-likeness (QED) is 0.845. The maximum atomic E-state index is 11.4. The number of hydrogen-bond donors (Lipinski definition) is 2. The Labute approximate surface area is 116 Å². The first-order valence-corrected chi connectivity index (χ1v) is 6.29. The predicted octanol–water partition coefficient (Wildman–Crippen LogP) is 2.43. The molecule has 0 aliphatic heterocycles. The lowest BCUT2D eigenvalue weighted by Gasteiger charge is -2.27. The Morgan fingerprint density at radius 3 is 2.56 bits per heavy atom. The molecule has 18 heavy (non-hydrogen) atoms. The molecule has 0 aliphatic rings. The third-order valence-electron chi connectivity index (χ3n) is 2.65. The molecular weight excluding hydrogens is 277 g/mol. The van der Waals surface area contributed by atoms with Gasteiger partial charge in [-0.3, -0.25) is 9.69 Å². The molecule has 0 amide bonds. The summed E-state index contributed by atoms with van der Waals surface area (Å²) in [6.45, 7) is 2.49. The SMILES string of the molecule is CCN(CCO)C(C(=O)O)c1ccc(Cl)cc1Cl. The number of carboxylic acid groups (broad SMARTS) is 1. The van der Waals surface area contributed by atoms with Crippen LogP contribution in [-0.4, -0.2) is 40.8 Å². The fourth-order valence-corrected chi connectivity index (χ4v) is 2.32. The van der Waals surface area contributed by atoms with E-state index in [1.807, 2.05) is 6.92 Å². The van der Waals surface area contributed by atoms with Crippen LogP contribution in [0, 0.1) is 0 Å². The molecule has 0 heterocycles. The zero-order chi connectivity index (χ0) is 13.7. The van der Waals surface area contributed by atoms with E-state index in [4.69, 9.17) is 28.3 Å². The van der Waals surface area contributed by atoms with Crippen molar-refractivity contribution < 1.29 is 15.0 Å². The first kappa shape index (κ1) is 15.2. The van der Waals surface area contributed by atoms with E-state index in [9.17, 15) is 9.90 Å². The van der Waals surface area contributed by atoms with E-state index in [0.29, 0.717) is 22.2 Å². The number of aliphatic hydroxyl groups is 1. The Morgan fingerprint density at radius 2 is 2.11 bits per heavy atom. The van der Waals surface area contributed by atoms with Gasteiger partial charge in [0.25, 0.3) is 0 Å². The molecule has 0 bridgehead atoms. The van der Waals surface area contributed by atoms with Gasteiger partial charge in [0, 0.05) is 16.6 Å². The minimum atomic E-state index is -1.01. The van der Waals surface area contributed by atoms with Gasteiger partial charge in [-0.25, -0.2) is 0 Å². The van der Waals surface area contributed by atoms with Crippen molar-refractivity contribution >= 4 is 29.2 Å². The van der Waals surface area contributed by atoms with Crippen LogP contribution in [0.1, 0.15) is 18.5 Å². The molecule has 0 saturated carbocycles. The van der Waals surface area contributed by atoms with Crippen LogP contribution in [0.4, 0.5) is 0 Å². The lowest BCUT2D eigenvalue weighted by atomic mass is 10.1. The van der Waals surface area contributed by atoms with Gasteiger partial charge in [-0.2, -0.15) is 0 Å². The lowest BCUT2D eigenvalue weighted by Crippen LogP contribution is -2.36. The van der Waals surface area contributed by atoms with Crippen LogP contribution >= 0.6 is 23.2 Å². The summed E-state index contributed by atoms with van der Waals surface area (Å²) in [5, 5.41) is 19.1. The third-order valence-corrected chi connectivity index (χ3v) is 3.21. The number of hydrogen-bond acceptors (Lipinski definition) is 3. The molecule has 0 aromatic heterocycles. The lowest BCUT2D eigenvalue weighted by molar-refractivity contribution is -0.143. The van der Waals surface area contributed by atoms with E-state index in [2.05, 4.69) is 0 Å². The third kappa shape index (κ3) is 3.59. The van der Waals surface area contributed by atoms with Crippen molar-refractivity contribution in [1.29, 1.82) is 0 Å². The van der Waals surface area contributed by atoms with Gasteiger partial charge >= 0.3 is 5.97 Å². The van der Waals surface area contributed by atoms with Gasteiger partial charge in [-0.15, -0.1) is 0 Å². The topological polar surface area (TPSA) is 60.8 Å². The second-order valence-electron chi connectivity index (χ2n) is 3.76. The summed E-state index contributed by atoms with van der Waals surface area (Å²) < 4.78 is 0. The van der Waals surface area contributed by atoms with Crippen molar-refractivity contribution in [3.63, 3.8) is 0 Å². The highest BCUT2D eigenvalue weighted by Gasteiger charge is 2.27. The Kier molecular flexibility index (Phi) is 5.88. The van der Waals surface area contributed by atoms with E-state index < -0.39 is 12.0 Å². The van der Waals surface area contributed by atoms with Gasteiger partial charge in [0.05, 0.1) is 6.61 Å². The Hall–Kier alpha value is -0.810. The number of benzene rings is 1. The molecule has 0 radical (unpaired) electrons. The number of aliphatic carboxylic acids is 1. The average molecular weight is 292 g/mol. The van der Waals surface area contributed by atoms with E-state index >= 15 is 0 Å². The van der Waals surface area contributed by atoms with Crippen LogP contribution < -0.4 is 0 Å². The highest BCUT2D eigenvalue weighted by atomic mass is 35.5. The van der Waals surface area contributed by atoms with E-state index in [0.717, 1.165) is 0 Å². The zero-order valence-electron chi connectivity index (χ0n) is 9.94. The molecule has 0 spiro atoms. The van der Waals surface area contributed by atoms with E-state index in [1.165, 1.54) is 6.07 Å². The summed E-state index contributed by atoms with van der Waals surface area (Å²) in [5.74, 6) is -1.01. The monoisotopic (exact) mass is 291 g/mol. The second-order valence-corrected chi connectivity index (χ2v) is 4.60. The summed E-state index contributed by atoms with van der Waals surface area (Å²) in [6.07, 6.45) is 0. The van der Waals surface area contributed by atoms with Crippen LogP contribution in [0.3, 0.4) is 0 Å². The van der Waals surface area contributed by atoms with Crippen LogP contribution in [0.25, 0.3) is 0 Å². The van der Waals surface area contributed by atoms with Crippen molar-refractivity contribution in [1.82, 2.24) is 4.90 Å². The maximum Gasteiger partial charge on any atom is 0.325 e. The van der Waals surface area contributed by atoms with E-state index in [-0.39, 0.29) is 13.2 Å². The van der Waals surface area contributed by atoms with Gasteiger partial charge in [-0.1, -0.05) is 36.2 Å². The van der Waals surface area contributed by atoms with Gasteiger partial charge in [0.2, 0.25) is 0 Å². The molecule has 1 rings (SSSR count). The first-order chi connectivity index (χ1) is 8.51. The number of halogens is 2. The number of rotatable bonds is 6. The fourth-order valence-electron chi connectivity index (χ4n) is 1.81. The number of aliphatic hydroxyl groups excluding tert-OH is 1. The van der Waals surface area contributed by atoms with Crippen molar-refractivity contribution in [3.8, 4) is 0 Å².